The van der Waals surface area contributed by atoms with Crippen LogP contribution in [-0.2, 0) is 4.79 Å². The molecular formula is C22H20ClNO6. The Kier molecular flexibility index (Phi) is 6.42. The third kappa shape index (κ3) is 4.80. The minimum absolute atomic E-state index is 0.0870. The molecule has 0 saturated carbocycles. The summed E-state index contributed by atoms with van der Waals surface area (Å²) < 4.78 is 15.9. The maximum atomic E-state index is 12.1. The van der Waals surface area contributed by atoms with Crippen molar-refractivity contribution in [3.8, 4) is 11.5 Å². The van der Waals surface area contributed by atoms with Crippen LogP contribution in [0.5, 0.6) is 11.5 Å². The molecule has 0 radical (unpaired) electrons. The largest absolute Gasteiger partial charge is 0.482 e. The Morgan fingerprint density at radius 1 is 1.07 bits per heavy atom. The predicted molar refractivity (Wildman–Crippen MR) is 113 cm³/mol. The number of amides is 1. The summed E-state index contributed by atoms with van der Waals surface area (Å²) in [5.41, 5.74) is 1.03. The van der Waals surface area contributed by atoms with Crippen LogP contribution in [0.2, 0.25) is 5.02 Å². The number of esters is 1. The Hall–Kier alpha value is -3.32. The Morgan fingerprint density at radius 2 is 1.77 bits per heavy atom. The average molecular weight is 430 g/mol. The van der Waals surface area contributed by atoms with Crippen molar-refractivity contribution >= 4 is 34.4 Å². The second-order valence-corrected chi connectivity index (χ2v) is 7.02. The lowest BCUT2D eigenvalue weighted by Gasteiger charge is -2.10. The van der Waals surface area contributed by atoms with E-state index in [2.05, 4.69) is 5.32 Å². The van der Waals surface area contributed by atoms with Crippen LogP contribution in [0.15, 0.2) is 45.6 Å². The lowest BCUT2D eigenvalue weighted by Crippen LogP contribution is -2.27. The van der Waals surface area contributed by atoms with Gasteiger partial charge in [0, 0.05) is 23.0 Å². The van der Waals surface area contributed by atoms with Crippen LogP contribution in [0, 0.1) is 13.8 Å². The van der Waals surface area contributed by atoms with Crippen molar-refractivity contribution in [2.75, 3.05) is 13.2 Å². The normalized spacial score (nSPS) is 10.7. The molecule has 3 rings (SSSR count). The molecule has 0 bridgehead atoms. The van der Waals surface area contributed by atoms with Gasteiger partial charge in [-0.3, -0.25) is 4.79 Å². The van der Waals surface area contributed by atoms with E-state index < -0.39 is 17.5 Å². The first-order valence-electron chi connectivity index (χ1n) is 9.24. The van der Waals surface area contributed by atoms with Gasteiger partial charge in [-0.05, 0) is 62.2 Å². The SMILES string of the molecule is CCNC(=O)c1cc2ccc(OC(=O)COc3cc(C)c(Cl)c(C)c3)cc2oc1=O. The van der Waals surface area contributed by atoms with E-state index in [0.29, 0.717) is 22.7 Å². The van der Waals surface area contributed by atoms with Crippen LogP contribution in [0.1, 0.15) is 28.4 Å². The van der Waals surface area contributed by atoms with Gasteiger partial charge in [0.05, 0.1) is 0 Å². The minimum atomic E-state index is -0.770. The predicted octanol–water partition coefficient (Wildman–Crippen LogP) is 3.80. The lowest BCUT2D eigenvalue weighted by atomic mass is 10.1. The van der Waals surface area contributed by atoms with E-state index in [1.807, 2.05) is 13.8 Å². The molecule has 0 saturated heterocycles. The summed E-state index contributed by atoms with van der Waals surface area (Å²) in [5, 5.41) is 3.73. The highest BCUT2D eigenvalue weighted by Crippen LogP contribution is 2.26. The van der Waals surface area contributed by atoms with Gasteiger partial charge in [0.15, 0.2) is 6.61 Å². The van der Waals surface area contributed by atoms with Gasteiger partial charge in [-0.1, -0.05) is 11.6 Å². The van der Waals surface area contributed by atoms with Crippen LogP contribution in [0.4, 0.5) is 0 Å². The summed E-state index contributed by atoms with van der Waals surface area (Å²) >= 11 is 6.12. The highest BCUT2D eigenvalue weighted by atomic mass is 35.5. The third-order valence-electron chi connectivity index (χ3n) is 4.29. The first-order chi connectivity index (χ1) is 14.3. The van der Waals surface area contributed by atoms with E-state index in [9.17, 15) is 14.4 Å². The van der Waals surface area contributed by atoms with Gasteiger partial charge in [0.2, 0.25) is 0 Å². The molecule has 156 valence electrons. The molecule has 2 aromatic carbocycles. The van der Waals surface area contributed by atoms with Gasteiger partial charge < -0.3 is 19.2 Å². The Balaban J connectivity index is 1.71. The fraction of sp³-hybridized carbons (Fsp3) is 0.227. The molecule has 0 aliphatic heterocycles. The van der Waals surface area contributed by atoms with Gasteiger partial charge in [-0.15, -0.1) is 0 Å². The Morgan fingerprint density at radius 3 is 2.43 bits per heavy atom. The number of halogens is 1. The van der Waals surface area contributed by atoms with Crippen LogP contribution < -0.4 is 20.4 Å². The summed E-state index contributed by atoms with van der Waals surface area (Å²) in [5.74, 6) is -0.434. The fourth-order valence-electron chi connectivity index (χ4n) is 2.86. The second-order valence-electron chi connectivity index (χ2n) is 6.64. The number of rotatable bonds is 6. The number of hydrogen-bond acceptors (Lipinski definition) is 6. The topological polar surface area (TPSA) is 94.8 Å². The maximum absolute atomic E-state index is 12.1. The van der Waals surface area contributed by atoms with Gasteiger partial charge in [-0.25, -0.2) is 9.59 Å². The molecule has 30 heavy (non-hydrogen) atoms. The van der Waals surface area contributed by atoms with Crippen LogP contribution in [-0.4, -0.2) is 25.0 Å². The van der Waals surface area contributed by atoms with Crippen molar-refractivity contribution in [2.45, 2.75) is 20.8 Å². The first kappa shape index (κ1) is 21.4. The standard InChI is InChI=1S/C22H20ClNO6/c1-4-24-21(26)17-9-14-5-6-15(10-18(14)30-22(17)27)29-19(25)11-28-16-7-12(2)20(23)13(3)8-16/h5-10H,4,11H2,1-3H3,(H,24,26). The summed E-state index contributed by atoms with van der Waals surface area (Å²) in [4.78, 5) is 36.1. The molecule has 0 fully saturated rings. The van der Waals surface area contributed by atoms with Crippen molar-refractivity contribution in [2.24, 2.45) is 0 Å². The third-order valence-corrected chi connectivity index (χ3v) is 4.88. The molecule has 0 aliphatic carbocycles. The zero-order valence-corrected chi connectivity index (χ0v) is 17.5. The highest BCUT2D eigenvalue weighted by Gasteiger charge is 2.14. The summed E-state index contributed by atoms with van der Waals surface area (Å²) in [7, 11) is 0. The first-order valence-corrected chi connectivity index (χ1v) is 9.62. The Labute approximate surface area is 177 Å². The number of aryl methyl sites for hydroxylation is 2. The summed E-state index contributed by atoms with van der Waals surface area (Å²) in [6.07, 6.45) is 0. The van der Waals surface area contributed by atoms with Crippen LogP contribution in [0.25, 0.3) is 11.0 Å². The quantitative estimate of drug-likeness (QED) is 0.364. The molecule has 1 aromatic heterocycles. The number of nitrogens with one attached hydrogen (secondary N) is 1. The molecule has 1 N–H and O–H groups in total. The van der Waals surface area contributed by atoms with E-state index in [1.165, 1.54) is 12.1 Å². The summed E-state index contributed by atoms with van der Waals surface area (Å²) in [6, 6.07) is 9.45. The van der Waals surface area contributed by atoms with Crippen molar-refractivity contribution in [3.63, 3.8) is 0 Å². The molecule has 7 nitrogen and oxygen atoms in total. The van der Waals surface area contributed by atoms with Gasteiger partial charge in [0.1, 0.15) is 22.6 Å². The molecule has 0 unspecified atom stereocenters. The fourth-order valence-corrected chi connectivity index (χ4v) is 2.97. The smallest absolute Gasteiger partial charge is 0.349 e. The molecule has 0 aliphatic rings. The van der Waals surface area contributed by atoms with Gasteiger partial charge >= 0.3 is 11.6 Å². The molecular weight excluding hydrogens is 410 g/mol. The van der Waals surface area contributed by atoms with E-state index in [-0.39, 0.29) is 23.5 Å². The molecule has 3 aromatic rings. The highest BCUT2D eigenvalue weighted by molar-refractivity contribution is 6.32. The van der Waals surface area contributed by atoms with Crippen LogP contribution >= 0.6 is 11.6 Å². The molecule has 0 spiro atoms. The van der Waals surface area contributed by atoms with E-state index >= 15 is 0 Å². The monoisotopic (exact) mass is 429 g/mol. The zero-order valence-electron chi connectivity index (χ0n) is 16.7. The van der Waals surface area contributed by atoms with Gasteiger partial charge in [0.25, 0.3) is 5.91 Å². The second kappa shape index (κ2) is 9.00. The van der Waals surface area contributed by atoms with Crippen molar-refractivity contribution in [1.29, 1.82) is 0 Å². The Bertz CT molecular complexity index is 1160. The van der Waals surface area contributed by atoms with E-state index in [4.69, 9.17) is 25.5 Å². The lowest BCUT2D eigenvalue weighted by molar-refractivity contribution is -0.136. The summed E-state index contributed by atoms with van der Waals surface area (Å²) in [6.45, 7) is 5.53. The van der Waals surface area contributed by atoms with Crippen molar-refractivity contribution in [3.05, 3.63) is 68.5 Å². The van der Waals surface area contributed by atoms with Gasteiger partial charge in [-0.2, -0.15) is 0 Å². The zero-order chi connectivity index (χ0) is 21.8. The number of hydrogen-bond donors (Lipinski definition) is 1. The molecule has 0 atom stereocenters. The number of ether oxygens (including phenoxy) is 2. The van der Waals surface area contributed by atoms with E-state index in [1.54, 1.807) is 31.2 Å². The number of benzene rings is 2. The van der Waals surface area contributed by atoms with Crippen molar-refractivity contribution in [1.82, 2.24) is 5.32 Å². The molecule has 8 heteroatoms. The maximum Gasteiger partial charge on any atom is 0.349 e. The van der Waals surface area contributed by atoms with Crippen molar-refractivity contribution < 1.29 is 23.5 Å². The molecule has 1 heterocycles. The van der Waals surface area contributed by atoms with E-state index in [0.717, 1.165) is 11.1 Å². The molecule has 1 amide bonds. The minimum Gasteiger partial charge on any atom is -0.482 e. The van der Waals surface area contributed by atoms with Crippen LogP contribution in [0.3, 0.4) is 0 Å². The number of fused-ring (bicyclic) bond motifs is 1. The number of carbonyl (C=O) groups is 2. The average Bonchev–Trinajstić information content (AvgIpc) is 2.70. The number of carbonyl (C=O) groups excluding carboxylic acids is 2.